The van der Waals surface area contributed by atoms with Crippen LogP contribution in [0.4, 0.5) is 5.69 Å². The molecule has 0 fully saturated rings. The van der Waals surface area contributed by atoms with E-state index in [1.807, 2.05) is 0 Å². The predicted molar refractivity (Wildman–Crippen MR) is 88.4 cm³/mol. The van der Waals surface area contributed by atoms with Crippen molar-refractivity contribution in [3.8, 4) is 0 Å². The lowest BCUT2D eigenvalue weighted by Gasteiger charge is -2.38. The highest BCUT2D eigenvalue weighted by Gasteiger charge is 2.25. The van der Waals surface area contributed by atoms with Crippen LogP contribution in [-0.2, 0) is 0 Å². The van der Waals surface area contributed by atoms with E-state index in [0.29, 0.717) is 6.04 Å². The number of hydrogen-bond donors (Lipinski definition) is 1. The molecular formula is C18H30N2. The van der Waals surface area contributed by atoms with E-state index in [-0.39, 0.29) is 0 Å². The molecular weight excluding hydrogens is 244 g/mol. The molecule has 1 N–H and O–H groups in total. The topological polar surface area (TPSA) is 15.3 Å². The Morgan fingerprint density at radius 1 is 1.20 bits per heavy atom. The monoisotopic (exact) mass is 274 g/mol. The van der Waals surface area contributed by atoms with Gasteiger partial charge in [-0.05, 0) is 36.9 Å². The summed E-state index contributed by atoms with van der Waals surface area (Å²) >= 11 is 0. The zero-order chi connectivity index (χ0) is 14.4. The Morgan fingerprint density at radius 3 is 2.65 bits per heavy atom. The first-order chi connectivity index (χ1) is 9.80. The third-order valence-electron chi connectivity index (χ3n) is 4.61. The van der Waals surface area contributed by atoms with Crippen molar-refractivity contribution in [1.82, 2.24) is 5.32 Å². The Kier molecular flexibility index (Phi) is 5.90. The molecule has 1 aliphatic rings. The van der Waals surface area contributed by atoms with Gasteiger partial charge in [-0.2, -0.15) is 0 Å². The smallest absolute Gasteiger partial charge is 0.0414 e. The highest BCUT2D eigenvalue weighted by Crippen LogP contribution is 2.34. The van der Waals surface area contributed by atoms with Gasteiger partial charge in [0.2, 0.25) is 0 Å². The van der Waals surface area contributed by atoms with Crippen molar-refractivity contribution in [2.45, 2.75) is 52.5 Å². The third-order valence-corrected chi connectivity index (χ3v) is 4.61. The highest BCUT2D eigenvalue weighted by atomic mass is 15.2. The summed E-state index contributed by atoms with van der Waals surface area (Å²) in [6.07, 6.45) is 5.01. The fourth-order valence-corrected chi connectivity index (χ4v) is 3.21. The van der Waals surface area contributed by atoms with Crippen LogP contribution in [0.1, 0.15) is 58.1 Å². The van der Waals surface area contributed by atoms with E-state index in [2.05, 4.69) is 55.3 Å². The van der Waals surface area contributed by atoms with E-state index in [4.69, 9.17) is 0 Å². The summed E-state index contributed by atoms with van der Waals surface area (Å²) in [7, 11) is 0. The average molecular weight is 274 g/mol. The minimum atomic E-state index is 0.545. The SMILES string of the molecule is CCCNC1CCN(CC(CC)CC)c2ccccc21. The highest BCUT2D eigenvalue weighted by molar-refractivity contribution is 5.57. The van der Waals surface area contributed by atoms with E-state index >= 15 is 0 Å². The Labute approximate surface area is 124 Å². The Hall–Kier alpha value is -1.02. The zero-order valence-corrected chi connectivity index (χ0v) is 13.4. The molecule has 2 rings (SSSR count). The summed E-state index contributed by atoms with van der Waals surface area (Å²) in [6.45, 7) is 10.4. The molecule has 1 heterocycles. The molecule has 1 aliphatic heterocycles. The second-order valence-electron chi connectivity index (χ2n) is 5.98. The number of para-hydroxylation sites is 1. The average Bonchev–Trinajstić information content (AvgIpc) is 2.51. The molecule has 0 saturated carbocycles. The Morgan fingerprint density at radius 2 is 1.95 bits per heavy atom. The number of anilines is 1. The number of nitrogens with one attached hydrogen (secondary N) is 1. The number of hydrogen-bond acceptors (Lipinski definition) is 2. The van der Waals surface area contributed by atoms with Gasteiger partial charge in [0.25, 0.3) is 0 Å². The molecule has 0 bridgehead atoms. The molecule has 2 nitrogen and oxygen atoms in total. The van der Waals surface area contributed by atoms with Crippen molar-refractivity contribution in [2.24, 2.45) is 5.92 Å². The van der Waals surface area contributed by atoms with Crippen LogP contribution in [-0.4, -0.2) is 19.6 Å². The molecule has 0 saturated heterocycles. The van der Waals surface area contributed by atoms with Crippen molar-refractivity contribution in [3.63, 3.8) is 0 Å². The van der Waals surface area contributed by atoms with Gasteiger partial charge in [0.05, 0.1) is 0 Å². The van der Waals surface area contributed by atoms with E-state index in [9.17, 15) is 0 Å². The minimum Gasteiger partial charge on any atom is -0.371 e. The van der Waals surface area contributed by atoms with Gasteiger partial charge in [0, 0.05) is 24.8 Å². The first-order valence-electron chi connectivity index (χ1n) is 8.37. The summed E-state index contributed by atoms with van der Waals surface area (Å²) in [5.41, 5.74) is 2.96. The summed E-state index contributed by atoms with van der Waals surface area (Å²) in [5, 5.41) is 3.70. The van der Waals surface area contributed by atoms with Crippen molar-refractivity contribution >= 4 is 5.69 Å². The van der Waals surface area contributed by atoms with Crippen molar-refractivity contribution in [2.75, 3.05) is 24.5 Å². The van der Waals surface area contributed by atoms with Crippen molar-refractivity contribution in [1.29, 1.82) is 0 Å². The van der Waals surface area contributed by atoms with Crippen LogP contribution in [0.15, 0.2) is 24.3 Å². The van der Waals surface area contributed by atoms with Gasteiger partial charge in [-0.3, -0.25) is 0 Å². The fraction of sp³-hybridized carbons (Fsp3) is 0.667. The fourth-order valence-electron chi connectivity index (χ4n) is 3.21. The minimum absolute atomic E-state index is 0.545. The normalized spacial score (nSPS) is 18.4. The summed E-state index contributed by atoms with van der Waals surface area (Å²) in [5.74, 6) is 0.822. The molecule has 0 radical (unpaired) electrons. The molecule has 2 heteroatoms. The second kappa shape index (κ2) is 7.68. The van der Waals surface area contributed by atoms with E-state index < -0.39 is 0 Å². The lowest BCUT2D eigenvalue weighted by atomic mass is 9.94. The first kappa shape index (κ1) is 15.4. The standard InChI is InChI=1S/C18H30N2/c1-4-12-19-17-11-13-20(14-15(5-2)6-3)18-10-8-7-9-16(17)18/h7-10,15,17,19H,4-6,11-14H2,1-3H3. The van der Waals surface area contributed by atoms with Crippen LogP contribution in [0.5, 0.6) is 0 Å². The van der Waals surface area contributed by atoms with Crippen LogP contribution in [0.25, 0.3) is 0 Å². The summed E-state index contributed by atoms with van der Waals surface area (Å²) in [6, 6.07) is 9.52. The van der Waals surface area contributed by atoms with E-state index in [1.54, 1.807) is 0 Å². The lowest BCUT2D eigenvalue weighted by Crippen LogP contribution is -2.38. The lowest BCUT2D eigenvalue weighted by molar-refractivity contribution is 0.438. The van der Waals surface area contributed by atoms with Gasteiger partial charge in [-0.1, -0.05) is 51.8 Å². The summed E-state index contributed by atoms with van der Waals surface area (Å²) < 4.78 is 0. The number of rotatable bonds is 7. The van der Waals surface area contributed by atoms with Gasteiger partial charge in [0.15, 0.2) is 0 Å². The molecule has 0 aliphatic carbocycles. The first-order valence-corrected chi connectivity index (χ1v) is 8.37. The maximum absolute atomic E-state index is 3.70. The molecule has 0 spiro atoms. The van der Waals surface area contributed by atoms with Crippen LogP contribution >= 0.6 is 0 Å². The molecule has 112 valence electrons. The van der Waals surface area contributed by atoms with Crippen LogP contribution in [0.2, 0.25) is 0 Å². The molecule has 20 heavy (non-hydrogen) atoms. The predicted octanol–water partition coefficient (Wildman–Crippen LogP) is 4.37. The molecule has 1 aromatic rings. The van der Waals surface area contributed by atoms with Gasteiger partial charge in [0.1, 0.15) is 0 Å². The third kappa shape index (κ3) is 3.54. The van der Waals surface area contributed by atoms with Crippen LogP contribution in [0.3, 0.4) is 0 Å². The van der Waals surface area contributed by atoms with Gasteiger partial charge in [-0.25, -0.2) is 0 Å². The molecule has 0 amide bonds. The van der Waals surface area contributed by atoms with Crippen molar-refractivity contribution in [3.05, 3.63) is 29.8 Å². The number of fused-ring (bicyclic) bond motifs is 1. The molecule has 1 aromatic carbocycles. The van der Waals surface area contributed by atoms with Crippen LogP contribution < -0.4 is 10.2 Å². The quantitative estimate of drug-likeness (QED) is 0.794. The van der Waals surface area contributed by atoms with Crippen LogP contribution in [0, 0.1) is 5.92 Å². The summed E-state index contributed by atoms with van der Waals surface area (Å²) in [4.78, 5) is 2.61. The Balaban J connectivity index is 2.13. The van der Waals surface area contributed by atoms with Gasteiger partial charge < -0.3 is 10.2 Å². The van der Waals surface area contributed by atoms with Gasteiger partial charge in [-0.15, -0.1) is 0 Å². The largest absolute Gasteiger partial charge is 0.371 e. The maximum atomic E-state index is 3.70. The Bertz CT molecular complexity index is 398. The van der Waals surface area contributed by atoms with Crippen molar-refractivity contribution < 1.29 is 0 Å². The maximum Gasteiger partial charge on any atom is 0.0414 e. The number of benzene rings is 1. The number of nitrogens with zero attached hydrogens (tertiary/aromatic N) is 1. The zero-order valence-electron chi connectivity index (χ0n) is 13.4. The van der Waals surface area contributed by atoms with E-state index in [0.717, 1.165) is 12.5 Å². The van der Waals surface area contributed by atoms with Gasteiger partial charge >= 0.3 is 0 Å². The molecule has 1 unspecified atom stereocenters. The second-order valence-corrected chi connectivity index (χ2v) is 5.98. The molecule has 0 aromatic heterocycles. The van der Waals surface area contributed by atoms with E-state index in [1.165, 1.54) is 50.0 Å². The molecule has 1 atom stereocenters.